The van der Waals surface area contributed by atoms with Crippen LogP contribution in [-0.4, -0.2) is 72.3 Å². The van der Waals surface area contributed by atoms with Gasteiger partial charge in [-0.15, -0.1) is 0 Å². The molecule has 9 heteroatoms. The Balaban J connectivity index is 1.97. The van der Waals surface area contributed by atoms with Crippen LogP contribution in [0.1, 0.15) is 26.3 Å². The maximum Gasteiger partial charge on any atom is 0.410 e. The predicted octanol–water partition coefficient (Wildman–Crippen LogP) is 1.81. The first-order chi connectivity index (χ1) is 13.0. The van der Waals surface area contributed by atoms with Gasteiger partial charge < -0.3 is 14.7 Å². The molecule has 0 spiro atoms. The molecule has 8 nitrogen and oxygen atoms in total. The summed E-state index contributed by atoms with van der Waals surface area (Å²) in [6.07, 6.45) is -0.329. The van der Waals surface area contributed by atoms with E-state index in [2.05, 4.69) is 0 Å². The molecule has 0 aliphatic carbocycles. The van der Waals surface area contributed by atoms with Gasteiger partial charge in [0.05, 0.1) is 11.7 Å². The van der Waals surface area contributed by atoms with Crippen molar-refractivity contribution in [1.82, 2.24) is 9.21 Å². The monoisotopic (exact) mass is 412 g/mol. The van der Waals surface area contributed by atoms with Crippen LogP contribution in [0.15, 0.2) is 30.3 Å². The maximum atomic E-state index is 12.7. The van der Waals surface area contributed by atoms with Gasteiger partial charge in [-0.3, -0.25) is 4.79 Å². The molecule has 1 saturated heterocycles. The van der Waals surface area contributed by atoms with Gasteiger partial charge in [0.25, 0.3) is 0 Å². The highest BCUT2D eigenvalue weighted by atomic mass is 32.2. The molecule has 28 heavy (non-hydrogen) atoms. The van der Waals surface area contributed by atoms with Crippen LogP contribution in [0, 0.1) is 5.92 Å². The van der Waals surface area contributed by atoms with E-state index in [1.165, 1.54) is 9.21 Å². The SMILES string of the molecule is CC(C)(C)OC(=O)N1CCN(S(=O)(=O)C[C@@H](Cc2ccccc2)C(=O)O)CC1. The van der Waals surface area contributed by atoms with Gasteiger partial charge in [-0.1, -0.05) is 30.3 Å². The summed E-state index contributed by atoms with van der Waals surface area (Å²) >= 11 is 0. The molecule has 1 aliphatic rings. The molecule has 1 aromatic rings. The normalized spacial score (nSPS) is 17.2. The van der Waals surface area contributed by atoms with Crippen molar-refractivity contribution in [1.29, 1.82) is 0 Å². The zero-order chi connectivity index (χ0) is 20.9. The van der Waals surface area contributed by atoms with Crippen molar-refractivity contribution in [3.05, 3.63) is 35.9 Å². The number of ether oxygens (including phenoxy) is 1. The standard InChI is InChI=1S/C19H28N2O6S/c1-19(2,3)27-18(24)20-9-11-21(12-10-20)28(25,26)14-16(17(22)23)13-15-7-5-4-6-8-15/h4-8,16H,9-14H2,1-3H3,(H,22,23)/t16-/m1/s1. The Morgan fingerprint density at radius 2 is 1.68 bits per heavy atom. The summed E-state index contributed by atoms with van der Waals surface area (Å²) in [5, 5.41) is 9.47. The lowest BCUT2D eigenvalue weighted by Crippen LogP contribution is -2.52. The molecule has 2 rings (SSSR count). The van der Waals surface area contributed by atoms with E-state index in [4.69, 9.17) is 4.74 Å². The summed E-state index contributed by atoms with van der Waals surface area (Å²) in [6.45, 7) is 5.98. The molecular formula is C19H28N2O6S. The number of rotatable bonds is 6. The molecule has 0 aromatic heterocycles. The Labute approximate surface area is 166 Å². The number of amides is 1. The average Bonchev–Trinajstić information content (AvgIpc) is 2.60. The minimum atomic E-state index is -3.76. The van der Waals surface area contributed by atoms with Crippen LogP contribution in [-0.2, 0) is 26.0 Å². The molecule has 1 N–H and O–H groups in total. The number of sulfonamides is 1. The van der Waals surface area contributed by atoms with Crippen molar-refractivity contribution in [3.8, 4) is 0 Å². The summed E-state index contributed by atoms with van der Waals surface area (Å²) in [5.74, 6) is -2.64. The quantitative estimate of drug-likeness (QED) is 0.764. The van der Waals surface area contributed by atoms with Gasteiger partial charge in [-0.25, -0.2) is 13.2 Å². The first-order valence-electron chi connectivity index (χ1n) is 9.20. The first kappa shape index (κ1) is 22.2. The maximum absolute atomic E-state index is 12.7. The van der Waals surface area contributed by atoms with E-state index < -0.39 is 39.4 Å². The van der Waals surface area contributed by atoms with Crippen molar-refractivity contribution in [3.63, 3.8) is 0 Å². The number of nitrogens with zero attached hydrogens (tertiary/aromatic N) is 2. The fraction of sp³-hybridized carbons (Fsp3) is 0.579. The molecule has 0 radical (unpaired) electrons. The van der Waals surface area contributed by atoms with E-state index >= 15 is 0 Å². The van der Waals surface area contributed by atoms with Gasteiger partial charge in [-0.05, 0) is 32.8 Å². The largest absolute Gasteiger partial charge is 0.481 e. The summed E-state index contributed by atoms with van der Waals surface area (Å²) < 4.78 is 32.0. The number of aliphatic carboxylic acids is 1. The first-order valence-corrected chi connectivity index (χ1v) is 10.8. The van der Waals surface area contributed by atoms with Gasteiger partial charge in [0.15, 0.2) is 0 Å². The van der Waals surface area contributed by atoms with Crippen LogP contribution < -0.4 is 0 Å². The van der Waals surface area contributed by atoms with Crippen LogP contribution in [0.4, 0.5) is 4.79 Å². The smallest absolute Gasteiger partial charge is 0.410 e. The van der Waals surface area contributed by atoms with Crippen molar-refractivity contribution in [2.24, 2.45) is 5.92 Å². The molecule has 0 unspecified atom stereocenters. The summed E-state index contributed by atoms with van der Waals surface area (Å²) in [6, 6.07) is 8.96. The van der Waals surface area contributed by atoms with E-state index in [9.17, 15) is 23.1 Å². The lowest BCUT2D eigenvalue weighted by molar-refractivity contribution is -0.140. The van der Waals surface area contributed by atoms with Crippen LogP contribution in [0.25, 0.3) is 0 Å². The Morgan fingerprint density at radius 1 is 1.11 bits per heavy atom. The van der Waals surface area contributed by atoms with Crippen LogP contribution in [0.5, 0.6) is 0 Å². The van der Waals surface area contributed by atoms with Gasteiger partial charge >= 0.3 is 12.1 Å². The fourth-order valence-corrected chi connectivity index (χ4v) is 4.65. The van der Waals surface area contributed by atoms with Crippen LogP contribution in [0.3, 0.4) is 0 Å². The average molecular weight is 413 g/mol. The van der Waals surface area contributed by atoms with Crippen molar-refractivity contribution < 1.29 is 27.9 Å². The highest BCUT2D eigenvalue weighted by molar-refractivity contribution is 7.89. The number of carboxylic acids is 1. The molecule has 1 fully saturated rings. The zero-order valence-corrected chi connectivity index (χ0v) is 17.3. The number of benzene rings is 1. The Hall–Kier alpha value is -2.13. The lowest BCUT2D eigenvalue weighted by Gasteiger charge is -2.35. The van der Waals surface area contributed by atoms with Gasteiger partial charge in [0, 0.05) is 26.2 Å². The molecule has 1 aliphatic heterocycles. The third-order valence-corrected chi connectivity index (χ3v) is 6.35. The van der Waals surface area contributed by atoms with Crippen LogP contribution >= 0.6 is 0 Å². The van der Waals surface area contributed by atoms with E-state index in [0.717, 1.165) is 5.56 Å². The van der Waals surface area contributed by atoms with E-state index in [1.54, 1.807) is 45.0 Å². The Morgan fingerprint density at radius 3 is 2.18 bits per heavy atom. The van der Waals surface area contributed by atoms with E-state index in [0.29, 0.717) is 0 Å². The number of carbonyl (C=O) groups is 2. The highest BCUT2D eigenvalue weighted by Crippen LogP contribution is 2.17. The van der Waals surface area contributed by atoms with Crippen molar-refractivity contribution in [2.75, 3.05) is 31.9 Å². The number of piperazine rings is 1. The highest BCUT2D eigenvalue weighted by Gasteiger charge is 2.34. The van der Waals surface area contributed by atoms with E-state index in [-0.39, 0.29) is 32.6 Å². The van der Waals surface area contributed by atoms with Gasteiger partial charge in [0.2, 0.25) is 10.0 Å². The third kappa shape index (κ3) is 6.49. The molecule has 1 heterocycles. The third-order valence-electron chi connectivity index (χ3n) is 4.37. The number of carboxylic acid groups (broad SMARTS) is 1. The number of hydrogen-bond donors (Lipinski definition) is 1. The molecule has 1 amide bonds. The second-order valence-electron chi connectivity index (χ2n) is 7.87. The van der Waals surface area contributed by atoms with Gasteiger partial charge in [0.1, 0.15) is 5.60 Å². The van der Waals surface area contributed by atoms with Gasteiger partial charge in [-0.2, -0.15) is 4.31 Å². The molecule has 0 bridgehead atoms. The summed E-state index contributed by atoms with van der Waals surface area (Å²) in [5.41, 5.74) is 0.159. The Kier molecular flexibility index (Phi) is 7.06. The number of hydrogen-bond acceptors (Lipinski definition) is 5. The molecule has 1 atom stereocenters. The van der Waals surface area contributed by atoms with E-state index in [1.807, 2.05) is 6.07 Å². The van der Waals surface area contributed by atoms with Crippen molar-refractivity contribution in [2.45, 2.75) is 32.8 Å². The van der Waals surface area contributed by atoms with Crippen molar-refractivity contribution >= 4 is 22.1 Å². The van der Waals surface area contributed by atoms with Crippen LogP contribution in [0.2, 0.25) is 0 Å². The minimum Gasteiger partial charge on any atom is -0.481 e. The fourth-order valence-electron chi connectivity index (χ4n) is 2.95. The summed E-state index contributed by atoms with van der Waals surface area (Å²) in [4.78, 5) is 25.2. The second kappa shape index (κ2) is 8.91. The topological polar surface area (TPSA) is 104 Å². The summed E-state index contributed by atoms with van der Waals surface area (Å²) in [7, 11) is -3.76. The molecule has 1 aromatic carbocycles. The lowest BCUT2D eigenvalue weighted by atomic mass is 10.0. The zero-order valence-electron chi connectivity index (χ0n) is 16.5. The molecular weight excluding hydrogens is 384 g/mol. The number of carbonyl (C=O) groups excluding carboxylic acids is 1. The second-order valence-corrected chi connectivity index (χ2v) is 9.88. The molecule has 156 valence electrons. The molecule has 0 saturated carbocycles. The Bertz CT molecular complexity index is 780. The minimum absolute atomic E-state index is 0.124. The predicted molar refractivity (Wildman–Crippen MR) is 104 cm³/mol.